The lowest BCUT2D eigenvalue weighted by atomic mass is 9.93. The molecule has 0 saturated carbocycles. The molecule has 0 fully saturated rings. The zero-order chi connectivity index (χ0) is 45.8. The Bertz CT molecular complexity index is 4020. The molecular weight excluding hydrogens is 841 g/mol. The third kappa shape index (κ3) is 7.16. The van der Waals surface area contributed by atoms with E-state index in [-0.39, 0.29) is 0 Å². The smallest absolute Gasteiger partial charge is 0.164 e. The van der Waals surface area contributed by atoms with E-state index in [1.807, 2.05) is 30.3 Å². The standard InChI is InChI=1S/C64H42N4O/c1-41-17-11-13-28-56(41)68-57-29-14-12-26-52(57)54-39-46(31-33-58(54)68)47-32-34-59-55(40-47)61-53(27-16-30-60(61)69-59)64-66-62(44-22-9-4-10-23-44)65-63(67-64)48-25-15-24-45(35-48)51-37-49(42-18-5-2-6-19-42)36-50(38-51)43-20-7-3-8-21-43/h2-40H,1H3. The van der Waals surface area contributed by atoms with Crippen LogP contribution in [0, 0.1) is 6.92 Å². The van der Waals surface area contributed by atoms with Gasteiger partial charge >= 0.3 is 0 Å². The SMILES string of the molecule is Cc1ccccc1-n1c2ccccc2c2cc(-c3ccc4oc5cccc(-c6nc(-c7ccccc7)nc(-c7cccc(-c8cc(-c9ccccc9)cc(-c9ccccc9)c8)c7)n6)c5c4c3)ccc21. The second-order valence-corrected chi connectivity index (χ2v) is 17.6. The molecule has 0 radical (unpaired) electrons. The Hall–Kier alpha value is -9.19. The molecule has 324 valence electrons. The maximum absolute atomic E-state index is 6.60. The highest BCUT2D eigenvalue weighted by molar-refractivity contribution is 6.14. The van der Waals surface area contributed by atoms with Crippen LogP contribution in [0.2, 0.25) is 0 Å². The highest BCUT2D eigenvalue weighted by Crippen LogP contribution is 2.41. The van der Waals surface area contributed by atoms with E-state index >= 15 is 0 Å². The Balaban J connectivity index is 0.950. The Morgan fingerprint density at radius 3 is 1.55 bits per heavy atom. The topological polar surface area (TPSA) is 56.7 Å². The van der Waals surface area contributed by atoms with Crippen LogP contribution in [0.4, 0.5) is 0 Å². The fourth-order valence-corrected chi connectivity index (χ4v) is 9.99. The Morgan fingerprint density at radius 1 is 0.319 bits per heavy atom. The number of fused-ring (bicyclic) bond motifs is 6. The van der Waals surface area contributed by atoms with Gasteiger partial charge in [-0.15, -0.1) is 0 Å². The van der Waals surface area contributed by atoms with Gasteiger partial charge < -0.3 is 8.98 Å². The maximum Gasteiger partial charge on any atom is 0.164 e. The minimum Gasteiger partial charge on any atom is -0.456 e. The van der Waals surface area contributed by atoms with Gasteiger partial charge in [-0.25, -0.2) is 15.0 Å². The molecule has 13 aromatic rings. The summed E-state index contributed by atoms with van der Waals surface area (Å²) < 4.78 is 8.99. The van der Waals surface area contributed by atoms with E-state index in [2.05, 4.69) is 218 Å². The van der Waals surface area contributed by atoms with Gasteiger partial charge in [0.2, 0.25) is 0 Å². The van der Waals surface area contributed by atoms with Crippen molar-refractivity contribution in [3.63, 3.8) is 0 Å². The number of rotatable bonds is 8. The number of furan rings is 1. The minimum atomic E-state index is 0.575. The van der Waals surface area contributed by atoms with Crippen LogP contribution in [0.15, 0.2) is 241 Å². The van der Waals surface area contributed by atoms with Gasteiger partial charge in [0.05, 0.1) is 11.0 Å². The normalized spacial score (nSPS) is 11.6. The van der Waals surface area contributed by atoms with E-state index in [0.717, 1.165) is 72.0 Å². The van der Waals surface area contributed by atoms with E-state index in [1.54, 1.807) is 0 Å². The third-order valence-electron chi connectivity index (χ3n) is 13.4. The van der Waals surface area contributed by atoms with Crippen molar-refractivity contribution >= 4 is 43.7 Å². The molecule has 0 bridgehead atoms. The summed E-state index contributed by atoms with van der Waals surface area (Å²) in [6.45, 7) is 2.18. The fraction of sp³-hybridized carbons (Fsp3) is 0.0156. The molecule has 10 aromatic carbocycles. The van der Waals surface area contributed by atoms with Gasteiger partial charge in [0.25, 0.3) is 0 Å². The molecule has 0 amide bonds. The largest absolute Gasteiger partial charge is 0.456 e. The minimum absolute atomic E-state index is 0.575. The van der Waals surface area contributed by atoms with Crippen LogP contribution in [0.5, 0.6) is 0 Å². The summed E-state index contributed by atoms with van der Waals surface area (Å²) in [6, 6.07) is 83.4. The van der Waals surface area contributed by atoms with Crippen LogP contribution in [0.3, 0.4) is 0 Å². The lowest BCUT2D eigenvalue weighted by Crippen LogP contribution is -2.00. The van der Waals surface area contributed by atoms with Crippen molar-refractivity contribution in [3.05, 3.63) is 242 Å². The number of para-hydroxylation sites is 2. The number of nitrogens with zero attached hydrogens (tertiary/aromatic N) is 4. The highest BCUT2D eigenvalue weighted by Gasteiger charge is 2.20. The molecular formula is C64H42N4O. The molecule has 0 aliphatic heterocycles. The van der Waals surface area contributed by atoms with Crippen LogP contribution < -0.4 is 0 Å². The number of aromatic nitrogens is 4. The van der Waals surface area contributed by atoms with Gasteiger partial charge in [-0.05, 0) is 124 Å². The van der Waals surface area contributed by atoms with Crippen molar-refractivity contribution in [2.45, 2.75) is 6.92 Å². The van der Waals surface area contributed by atoms with Gasteiger partial charge in [0.15, 0.2) is 17.5 Å². The second kappa shape index (κ2) is 16.6. The number of aryl methyl sites for hydroxylation is 1. The Labute approximate surface area is 399 Å². The van der Waals surface area contributed by atoms with E-state index in [1.165, 1.54) is 44.2 Å². The first-order valence-corrected chi connectivity index (χ1v) is 23.3. The highest BCUT2D eigenvalue weighted by atomic mass is 16.3. The molecule has 0 aliphatic rings. The average molecular weight is 883 g/mol. The van der Waals surface area contributed by atoms with Crippen LogP contribution in [-0.2, 0) is 0 Å². The third-order valence-corrected chi connectivity index (χ3v) is 13.4. The van der Waals surface area contributed by atoms with Crippen molar-refractivity contribution in [2.24, 2.45) is 0 Å². The van der Waals surface area contributed by atoms with Crippen LogP contribution in [0.1, 0.15) is 5.56 Å². The lowest BCUT2D eigenvalue weighted by molar-refractivity contribution is 0.669. The van der Waals surface area contributed by atoms with Gasteiger partial charge in [-0.3, -0.25) is 0 Å². The lowest BCUT2D eigenvalue weighted by Gasteiger charge is -2.13. The molecule has 0 aliphatic carbocycles. The number of hydrogen-bond acceptors (Lipinski definition) is 4. The van der Waals surface area contributed by atoms with Gasteiger partial charge in [0.1, 0.15) is 11.2 Å². The Morgan fingerprint density at radius 2 is 0.826 bits per heavy atom. The van der Waals surface area contributed by atoms with E-state index in [4.69, 9.17) is 19.4 Å². The fourth-order valence-electron chi connectivity index (χ4n) is 9.99. The first kappa shape index (κ1) is 40.1. The quantitative estimate of drug-likeness (QED) is 0.153. The number of benzene rings is 10. The van der Waals surface area contributed by atoms with Gasteiger partial charge in [-0.1, -0.05) is 170 Å². The van der Waals surface area contributed by atoms with E-state index in [9.17, 15) is 0 Å². The summed E-state index contributed by atoms with van der Waals surface area (Å²) in [5.74, 6) is 1.76. The van der Waals surface area contributed by atoms with E-state index < -0.39 is 0 Å². The molecule has 3 heterocycles. The molecule has 0 saturated heterocycles. The molecule has 0 N–H and O–H groups in total. The van der Waals surface area contributed by atoms with E-state index in [0.29, 0.717) is 17.5 Å². The zero-order valence-electron chi connectivity index (χ0n) is 37.7. The van der Waals surface area contributed by atoms with Crippen molar-refractivity contribution in [1.82, 2.24) is 19.5 Å². The molecule has 5 heteroatoms. The van der Waals surface area contributed by atoms with Crippen LogP contribution >= 0.6 is 0 Å². The molecule has 0 unspecified atom stereocenters. The van der Waals surface area contributed by atoms with Crippen LogP contribution in [-0.4, -0.2) is 19.5 Å². The summed E-state index contributed by atoms with van der Waals surface area (Å²) in [5, 5.41) is 4.39. The zero-order valence-corrected chi connectivity index (χ0v) is 37.7. The molecule has 5 nitrogen and oxygen atoms in total. The summed E-state index contributed by atoms with van der Waals surface area (Å²) in [6.07, 6.45) is 0. The molecule has 0 spiro atoms. The molecule has 13 rings (SSSR count). The summed E-state index contributed by atoms with van der Waals surface area (Å²) in [5.41, 5.74) is 18.1. The first-order chi connectivity index (χ1) is 34.1. The van der Waals surface area contributed by atoms with Crippen LogP contribution in [0.25, 0.3) is 128 Å². The van der Waals surface area contributed by atoms with Crippen molar-refractivity contribution in [3.8, 4) is 84.4 Å². The van der Waals surface area contributed by atoms with Gasteiger partial charge in [0, 0.05) is 43.9 Å². The second-order valence-electron chi connectivity index (χ2n) is 17.6. The van der Waals surface area contributed by atoms with Crippen molar-refractivity contribution < 1.29 is 4.42 Å². The Kier molecular flexibility index (Phi) is 9.65. The summed E-state index contributed by atoms with van der Waals surface area (Å²) in [7, 11) is 0. The van der Waals surface area contributed by atoms with Crippen molar-refractivity contribution in [2.75, 3.05) is 0 Å². The van der Waals surface area contributed by atoms with Gasteiger partial charge in [-0.2, -0.15) is 0 Å². The van der Waals surface area contributed by atoms with Crippen molar-refractivity contribution in [1.29, 1.82) is 0 Å². The molecule has 3 aromatic heterocycles. The number of hydrogen-bond donors (Lipinski definition) is 0. The molecule has 69 heavy (non-hydrogen) atoms. The monoisotopic (exact) mass is 882 g/mol. The maximum atomic E-state index is 6.60. The summed E-state index contributed by atoms with van der Waals surface area (Å²) >= 11 is 0. The predicted octanol–water partition coefficient (Wildman–Crippen LogP) is 16.8. The average Bonchev–Trinajstić information content (AvgIpc) is 3.97. The first-order valence-electron chi connectivity index (χ1n) is 23.3. The summed E-state index contributed by atoms with van der Waals surface area (Å²) in [4.78, 5) is 15.7. The molecule has 0 atom stereocenters. The predicted molar refractivity (Wildman–Crippen MR) is 284 cm³/mol.